The number of aromatic nitrogens is 1. The molecular formula is C35H44N4O5. The monoisotopic (exact) mass is 600 g/mol. The molecule has 1 aromatic heterocycles. The van der Waals surface area contributed by atoms with Crippen LogP contribution in [0.4, 0.5) is 5.69 Å². The molecule has 9 heteroatoms. The van der Waals surface area contributed by atoms with Crippen LogP contribution in [-0.2, 0) is 27.4 Å². The number of anilines is 1. The Hall–Kier alpha value is -3.79. The van der Waals surface area contributed by atoms with Crippen molar-refractivity contribution in [3.63, 3.8) is 0 Å². The van der Waals surface area contributed by atoms with Crippen molar-refractivity contribution in [3.8, 4) is 11.1 Å². The Balaban J connectivity index is 1.48. The lowest BCUT2D eigenvalue weighted by atomic mass is 9.94. The van der Waals surface area contributed by atoms with Crippen LogP contribution in [0.3, 0.4) is 0 Å². The summed E-state index contributed by atoms with van der Waals surface area (Å²) in [4.78, 5) is 47.2. The summed E-state index contributed by atoms with van der Waals surface area (Å²) in [5.74, 6) is -0.340. The normalized spacial score (nSPS) is 16.1. The molecule has 0 spiro atoms. The van der Waals surface area contributed by atoms with E-state index in [0.29, 0.717) is 43.7 Å². The first-order valence-corrected chi connectivity index (χ1v) is 15.7. The van der Waals surface area contributed by atoms with Gasteiger partial charge >= 0.3 is 0 Å². The zero-order chi connectivity index (χ0) is 31.2. The number of H-pyrrole nitrogens is 1. The second-order valence-corrected chi connectivity index (χ2v) is 11.8. The van der Waals surface area contributed by atoms with Gasteiger partial charge in [-0.15, -0.1) is 0 Å². The Morgan fingerprint density at radius 1 is 0.955 bits per heavy atom. The lowest BCUT2D eigenvalue weighted by Crippen LogP contribution is -2.39. The van der Waals surface area contributed by atoms with Gasteiger partial charge in [0.25, 0.3) is 11.5 Å². The molecule has 0 atom stereocenters. The molecule has 2 aromatic carbocycles. The van der Waals surface area contributed by atoms with Crippen LogP contribution >= 0.6 is 0 Å². The minimum absolute atomic E-state index is 0.0603. The van der Waals surface area contributed by atoms with Gasteiger partial charge in [0.2, 0.25) is 5.91 Å². The van der Waals surface area contributed by atoms with Gasteiger partial charge in [-0.1, -0.05) is 24.3 Å². The smallest absolute Gasteiger partial charge is 0.253 e. The minimum Gasteiger partial charge on any atom is -0.381 e. The molecule has 0 bridgehead atoms. The summed E-state index contributed by atoms with van der Waals surface area (Å²) in [5.41, 5.74) is 6.90. The third-order valence-electron chi connectivity index (χ3n) is 8.79. The van der Waals surface area contributed by atoms with Crippen molar-refractivity contribution in [3.05, 3.63) is 86.3 Å². The molecule has 2 aliphatic heterocycles. The maximum absolute atomic E-state index is 13.8. The van der Waals surface area contributed by atoms with Gasteiger partial charge in [-0.05, 0) is 86.6 Å². The molecule has 0 unspecified atom stereocenters. The Morgan fingerprint density at radius 2 is 1.64 bits per heavy atom. The number of aryl methyl sites for hydroxylation is 2. The lowest BCUT2D eigenvalue weighted by molar-refractivity contribution is -0.125. The van der Waals surface area contributed by atoms with Crippen LogP contribution in [0.1, 0.15) is 58.1 Å². The molecule has 2 aliphatic rings. The Labute approximate surface area is 259 Å². The lowest BCUT2D eigenvalue weighted by Gasteiger charge is -2.30. The van der Waals surface area contributed by atoms with Crippen molar-refractivity contribution in [2.45, 2.75) is 53.6 Å². The molecule has 44 heavy (non-hydrogen) atoms. The summed E-state index contributed by atoms with van der Waals surface area (Å²) < 4.78 is 11.0. The Kier molecular flexibility index (Phi) is 10.3. The van der Waals surface area contributed by atoms with Crippen LogP contribution in [0, 0.1) is 26.7 Å². The van der Waals surface area contributed by atoms with Crippen LogP contribution in [0.5, 0.6) is 0 Å². The van der Waals surface area contributed by atoms with Crippen LogP contribution < -0.4 is 15.8 Å². The third-order valence-corrected chi connectivity index (χ3v) is 8.79. The van der Waals surface area contributed by atoms with E-state index < -0.39 is 0 Å². The molecule has 3 heterocycles. The van der Waals surface area contributed by atoms with Crippen LogP contribution in [0.25, 0.3) is 11.1 Å². The van der Waals surface area contributed by atoms with E-state index in [1.54, 1.807) is 0 Å². The fraction of sp³-hybridized carbons (Fsp3) is 0.457. The highest BCUT2D eigenvalue weighted by molar-refractivity contribution is 6.02. The number of amides is 2. The molecule has 9 nitrogen and oxygen atoms in total. The van der Waals surface area contributed by atoms with E-state index in [9.17, 15) is 14.4 Å². The van der Waals surface area contributed by atoms with Crippen molar-refractivity contribution in [2.24, 2.45) is 5.92 Å². The van der Waals surface area contributed by atoms with Crippen molar-refractivity contribution in [1.29, 1.82) is 0 Å². The first kappa shape index (κ1) is 31.6. The molecule has 0 saturated carbocycles. The van der Waals surface area contributed by atoms with Gasteiger partial charge in [0, 0.05) is 74.4 Å². The highest BCUT2D eigenvalue weighted by Gasteiger charge is 2.29. The number of ether oxygens (including phenoxy) is 2. The number of aromatic amines is 1. The summed E-state index contributed by atoms with van der Waals surface area (Å²) >= 11 is 0. The van der Waals surface area contributed by atoms with E-state index in [0.717, 1.165) is 66.5 Å². The van der Waals surface area contributed by atoms with E-state index in [1.807, 2.05) is 50.8 Å². The van der Waals surface area contributed by atoms with Gasteiger partial charge in [0.15, 0.2) is 0 Å². The summed E-state index contributed by atoms with van der Waals surface area (Å²) in [6.07, 6.45) is 1.38. The molecule has 2 N–H and O–H groups in total. The first-order chi connectivity index (χ1) is 21.2. The van der Waals surface area contributed by atoms with E-state index in [1.165, 1.54) is 5.56 Å². The highest BCUT2D eigenvalue weighted by Crippen LogP contribution is 2.33. The van der Waals surface area contributed by atoms with Gasteiger partial charge in [-0.2, -0.15) is 0 Å². The number of pyridine rings is 1. The zero-order valence-corrected chi connectivity index (χ0v) is 26.3. The average molecular weight is 601 g/mol. The maximum atomic E-state index is 13.8. The van der Waals surface area contributed by atoms with Crippen molar-refractivity contribution in [1.82, 2.24) is 15.2 Å². The largest absolute Gasteiger partial charge is 0.381 e. The molecule has 2 amide bonds. The third kappa shape index (κ3) is 7.29. The number of rotatable bonds is 9. The quantitative estimate of drug-likeness (QED) is 0.375. The molecule has 3 aromatic rings. The second-order valence-electron chi connectivity index (χ2n) is 11.8. The van der Waals surface area contributed by atoms with Gasteiger partial charge in [0.05, 0.1) is 13.2 Å². The predicted molar refractivity (Wildman–Crippen MR) is 172 cm³/mol. The number of nitrogens with one attached hydrogen (secondary N) is 2. The molecule has 0 aliphatic carbocycles. The second kappa shape index (κ2) is 14.3. The van der Waals surface area contributed by atoms with E-state index >= 15 is 0 Å². The van der Waals surface area contributed by atoms with E-state index in [-0.39, 0.29) is 29.8 Å². The van der Waals surface area contributed by atoms with E-state index in [4.69, 9.17) is 9.47 Å². The fourth-order valence-corrected chi connectivity index (χ4v) is 6.18. The number of carbonyl (C=O) groups excluding carboxylic acids is 2. The van der Waals surface area contributed by atoms with Crippen molar-refractivity contribution < 1.29 is 19.1 Å². The average Bonchev–Trinajstić information content (AvgIpc) is 3.03. The number of morpholine rings is 1. The molecule has 2 saturated heterocycles. The first-order valence-electron chi connectivity index (χ1n) is 15.7. The van der Waals surface area contributed by atoms with Crippen LogP contribution in [0.15, 0.2) is 47.3 Å². The summed E-state index contributed by atoms with van der Waals surface area (Å²) in [6.45, 7) is 13.5. The summed E-state index contributed by atoms with van der Waals surface area (Å²) in [6, 6.07) is 14.2. The minimum atomic E-state index is -0.288. The van der Waals surface area contributed by atoms with Crippen LogP contribution in [-0.4, -0.2) is 67.8 Å². The molecule has 2 fully saturated rings. The number of nitrogens with zero attached hydrogens (tertiary/aromatic N) is 2. The number of hydrogen-bond donors (Lipinski definition) is 2. The van der Waals surface area contributed by atoms with E-state index in [2.05, 4.69) is 39.5 Å². The van der Waals surface area contributed by atoms with Gasteiger partial charge < -0.3 is 24.7 Å². The van der Waals surface area contributed by atoms with Crippen molar-refractivity contribution >= 4 is 17.5 Å². The van der Waals surface area contributed by atoms with Gasteiger partial charge in [-0.3, -0.25) is 19.3 Å². The fourth-order valence-electron chi connectivity index (χ4n) is 6.18. The standard InChI is InChI=1S/C35H44N4O5/c1-5-39(35(42)28-10-14-43-15-11-28)32-20-29(27-8-6-26(7-9-27)22-38-12-16-44-17-13-38)19-30(25(32)4)33(40)36-21-31-23(2)18-24(3)37-34(31)41/h6-9,18-20,28H,5,10-17,21-22H2,1-4H3,(H,36,40)(H,37,41). The molecule has 234 valence electrons. The van der Waals surface area contributed by atoms with Gasteiger partial charge in [0.1, 0.15) is 0 Å². The highest BCUT2D eigenvalue weighted by atomic mass is 16.5. The van der Waals surface area contributed by atoms with Crippen LogP contribution in [0.2, 0.25) is 0 Å². The molecular weight excluding hydrogens is 556 g/mol. The summed E-state index contributed by atoms with van der Waals surface area (Å²) in [5, 5.41) is 2.97. The Bertz CT molecular complexity index is 1540. The number of benzene rings is 2. The topological polar surface area (TPSA) is 104 Å². The van der Waals surface area contributed by atoms with Crippen molar-refractivity contribution in [2.75, 3.05) is 51.0 Å². The molecule has 0 radical (unpaired) electrons. The predicted octanol–water partition coefficient (Wildman–Crippen LogP) is 4.51. The maximum Gasteiger partial charge on any atom is 0.253 e. The SMILES string of the molecule is CCN(C(=O)C1CCOCC1)c1cc(-c2ccc(CN3CCOCC3)cc2)cc(C(=O)NCc2c(C)cc(C)[nH]c2=O)c1C. The number of carbonyl (C=O) groups is 2. The number of hydrogen-bond acceptors (Lipinski definition) is 6. The van der Waals surface area contributed by atoms with Gasteiger partial charge in [-0.25, -0.2) is 0 Å². The zero-order valence-electron chi connectivity index (χ0n) is 26.3. The molecule has 5 rings (SSSR count). The summed E-state index contributed by atoms with van der Waals surface area (Å²) in [7, 11) is 0. The Morgan fingerprint density at radius 3 is 2.30 bits per heavy atom.